The quantitative estimate of drug-likeness (QED) is 0.615. The lowest BCUT2D eigenvalue weighted by Crippen LogP contribution is -2.21. The van der Waals surface area contributed by atoms with Crippen LogP contribution in [-0.4, -0.2) is 23.9 Å². The largest absolute Gasteiger partial charge is 0.465 e. The second-order valence-electron chi connectivity index (χ2n) is 4.69. The van der Waals surface area contributed by atoms with Gasteiger partial charge in [0, 0.05) is 17.5 Å². The molecule has 1 aromatic carbocycles. The molecule has 0 aliphatic rings. The summed E-state index contributed by atoms with van der Waals surface area (Å²) in [4.78, 5) is 12.6. The van der Waals surface area contributed by atoms with Crippen LogP contribution < -0.4 is 5.32 Å². The van der Waals surface area contributed by atoms with Crippen molar-refractivity contribution in [2.24, 2.45) is 0 Å². The van der Waals surface area contributed by atoms with Crippen molar-refractivity contribution in [3.63, 3.8) is 0 Å². The van der Waals surface area contributed by atoms with Crippen LogP contribution in [0.1, 0.15) is 33.3 Å². The van der Waals surface area contributed by atoms with E-state index in [0.29, 0.717) is 12.6 Å². The first-order chi connectivity index (χ1) is 9.02. The predicted molar refractivity (Wildman–Crippen MR) is 80.4 cm³/mol. The van der Waals surface area contributed by atoms with E-state index in [0.717, 1.165) is 11.4 Å². The number of thioether (sulfide) groups is 1. The standard InChI is InChI=1S/C15H23NO2S/c1-5-18-15(17)12(4)19-14-8-6-13(7-9-14)10-16-11(2)3/h6-9,11-12,16H,5,10H2,1-4H3. The Kier molecular flexibility index (Phi) is 6.95. The highest BCUT2D eigenvalue weighted by Gasteiger charge is 2.15. The minimum atomic E-state index is -0.167. The highest BCUT2D eigenvalue weighted by atomic mass is 32.2. The average Bonchev–Trinajstić information content (AvgIpc) is 2.38. The monoisotopic (exact) mass is 281 g/mol. The maximum absolute atomic E-state index is 11.5. The lowest BCUT2D eigenvalue weighted by Gasteiger charge is -2.11. The van der Waals surface area contributed by atoms with Crippen LogP contribution in [0.4, 0.5) is 0 Å². The molecular formula is C15H23NO2S. The van der Waals surface area contributed by atoms with Gasteiger partial charge >= 0.3 is 5.97 Å². The zero-order valence-corrected chi connectivity index (χ0v) is 12.9. The molecule has 106 valence electrons. The smallest absolute Gasteiger partial charge is 0.319 e. The highest BCUT2D eigenvalue weighted by Crippen LogP contribution is 2.24. The number of rotatable bonds is 7. The minimum absolute atomic E-state index is 0.155. The molecule has 0 saturated carbocycles. The van der Waals surface area contributed by atoms with Crippen LogP contribution in [0.5, 0.6) is 0 Å². The number of carbonyl (C=O) groups excluding carboxylic acids is 1. The summed E-state index contributed by atoms with van der Waals surface area (Å²) >= 11 is 1.53. The first-order valence-corrected chi connectivity index (χ1v) is 7.56. The normalized spacial score (nSPS) is 12.5. The average molecular weight is 281 g/mol. The summed E-state index contributed by atoms with van der Waals surface area (Å²) in [6.07, 6.45) is 0. The van der Waals surface area contributed by atoms with Crippen molar-refractivity contribution in [3.8, 4) is 0 Å². The van der Waals surface area contributed by atoms with E-state index in [9.17, 15) is 4.79 Å². The Morgan fingerprint density at radius 1 is 1.26 bits per heavy atom. The summed E-state index contributed by atoms with van der Waals surface area (Å²) in [6.45, 7) is 9.26. The molecule has 1 N–H and O–H groups in total. The van der Waals surface area contributed by atoms with E-state index in [-0.39, 0.29) is 11.2 Å². The Hall–Kier alpha value is -1.00. The van der Waals surface area contributed by atoms with Gasteiger partial charge in [-0.05, 0) is 31.5 Å². The maximum atomic E-state index is 11.5. The van der Waals surface area contributed by atoms with Gasteiger partial charge in [-0.1, -0.05) is 26.0 Å². The fourth-order valence-electron chi connectivity index (χ4n) is 1.52. The summed E-state index contributed by atoms with van der Waals surface area (Å²) in [5.41, 5.74) is 1.25. The van der Waals surface area contributed by atoms with Gasteiger partial charge in [-0.2, -0.15) is 0 Å². The lowest BCUT2D eigenvalue weighted by molar-refractivity contribution is -0.142. The maximum Gasteiger partial charge on any atom is 0.319 e. The molecule has 0 aliphatic heterocycles. The van der Waals surface area contributed by atoms with Crippen molar-refractivity contribution < 1.29 is 9.53 Å². The zero-order valence-electron chi connectivity index (χ0n) is 12.1. The highest BCUT2D eigenvalue weighted by molar-refractivity contribution is 8.00. The third kappa shape index (κ3) is 6.12. The van der Waals surface area contributed by atoms with Crippen molar-refractivity contribution in [1.29, 1.82) is 0 Å². The van der Waals surface area contributed by atoms with Crippen molar-refractivity contribution >= 4 is 17.7 Å². The summed E-state index contributed by atoms with van der Waals surface area (Å²) in [5, 5.41) is 3.21. The number of hydrogen-bond donors (Lipinski definition) is 1. The summed E-state index contributed by atoms with van der Waals surface area (Å²) in [7, 11) is 0. The summed E-state index contributed by atoms with van der Waals surface area (Å²) in [6, 6.07) is 8.78. The second-order valence-corrected chi connectivity index (χ2v) is 6.11. The SMILES string of the molecule is CCOC(=O)C(C)Sc1ccc(CNC(C)C)cc1. The molecule has 0 saturated heterocycles. The van der Waals surface area contributed by atoms with Gasteiger partial charge in [0.25, 0.3) is 0 Å². The van der Waals surface area contributed by atoms with Crippen LogP contribution in [-0.2, 0) is 16.1 Å². The number of nitrogens with one attached hydrogen (secondary N) is 1. The Labute approximate surface area is 120 Å². The first-order valence-electron chi connectivity index (χ1n) is 6.68. The van der Waals surface area contributed by atoms with E-state index in [1.807, 2.05) is 13.8 Å². The molecule has 1 aromatic rings. The van der Waals surface area contributed by atoms with Crippen LogP contribution in [0.15, 0.2) is 29.2 Å². The summed E-state index contributed by atoms with van der Waals surface area (Å²) < 4.78 is 4.99. The van der Waals surface area contributed by atoms with E-state index in [1.165, 1.54) is 17.3 Å². The van der Waals surface area contributed by atoms with Crippen molar-refractivity contribution in [2.75, 3.05) is 6.61 Å². The molecule has 3 nitrogen and oxygen atoms in total. The van der Waals surface area contributed by atoms with E-state index in [1.54, 1.807) is 0 Å². The van der Waals surface area contributed by atoms with Crippen LogP contribution >= 0.6 is 11.8 Å². The molecule has 1 rings (SSSR count). The zero-order chi connectivity index (χ0) is 14.3. The van der Waals surface area contributed by atoms with Crippen LogP contribution in [0, 0.1) is 0 Å². The van der Waals surface area contributed by atoms with Gasteiger partial charge in [-0.15, -0.1) is 11.8 Å². The fraction of sp³-hybridized carbons (Fsp3) is 0.533. The van der Waals surface area contributed by atoms with Crippen molar-refractivity contribution in [1.82, 2.24) is 5.32 Å². The number of carbonyl (C=O) groups is 1. The van der Waals surface area contributed by atoms with Gasteiger partial charge in [-0.25, -0.2) is 0 Å². The molecule has 0 amide bonds. The molecule has 0 spiro atoms. The van der Waals surface area contributed by atoms with E-state index >= 15 is 0 Å². The van der Waals surface area contributed by atoms with Gasteiger partial charge in [0.2, 0.25) is 0 Å². The third-order valence-electron chi connectivity index (χ3n) is 2.57. The molecule has 4 heteroatoms. The van der Waals surface area contributed by atoms with Gasteiger partial charge in [0.1, 0.15) is 5.25 Å². The Bertz CT molecular complexity index is 390. The molecule has 0 bridgehead atoms. The number of hydrogen-bond acceptors (Lipinski definition) is 4. The molecule has 19 heavy (non-hydrogen) atoms. The molecular weight excluding hydrogens is 258 g/mol. The molecule has 0 radical (unpaired) electrons. The molecule has 1 unspecified atom stereocenters. The fourth-order valence-corrected chi connectivity index (χ4v) is 2.39. The Balaban J connectivity index is 2.49. The molecule has 1 atom stereocenters. The van der Waals surface area contributed by atoms with E-state index in [2.05, 4.69) is 43.4 Å². The molecule has 0 aromatic heterocycles. The number of ether oxygens (including phenoxy) is 1. The van der Waals surface area contributed by atoms with E-state index in [4.69, 9.17) is 4.74 Å². The molecule has 0 aliphatic carbocycles. The van der Waals surface area contributed by atoms with Crippen molar-refractivity contribution in [2.45, 2.75) is 50.4 Å². The van der Waals surface area contributed by atoms with E-state index < -0.39 is 0 Å². The van der Waals surface area contributed by atoms with Gasteiger partial charge in [-0.3, -0.25) is 4.79 Å². The van der Waals surface area contributed by atoms with Crippen LogP contribution in [0.2, 0.25) is 0 Å². The number of esters is 1. The second kappa shape index (κ2) is 8.23. The van der Waals surface area contributed by atoms with Gasteiger partial charge in [0.05, 0.1) is 6.61 Å². The molecule has 0 fully saturated rings. The number of benzene rings is 1. The van der Waals surface area contributed by atoms with Gasteiger partial charge in [0.15, 0.2) is 0 Å². The van der Waals surface area contributed by atoms with Crippen molar-refractivity contribution in [3.05, 3.63) is 29.8 Å². The summed E-state index contributed by atoms with van der Waals surface area (Å²) in [5.74, 6) is -0.155. The Morgan fingerprint density at radius 2 is 1.89 bits per heavy atom. The third-order valence-corrected chi connectivity index (χ3v) is 3.66. The lowest BCUT2D eigenvalue weighted by atomic mass is 10.2. The minimum Gasteiger partial charge on any atom is -0.465 e. The predicted octanol–water partition coefficient (Wildman–Crippen LogP) is 3.23. The topological polar surface area (TPSA) is 38.3 Å². The molecule has 0 heterocycles. The van der Waals surface area contributed by atoms with Crippen LogP contribution in [0.25, 0.3) is 0 Å². The van der Waals surface area contributed by atoms with Gasteiger partial charge < -0.3 is 10.1 Å². The van der Waals surface area contributed by atoms with Crippen LogP contribution in [0.3, 0.4) is 0 Å². The first kappa shape index (κ1) is 16.1. The Morgan fingerprint density at radius 3 is 2.42 bits per heavy atom.